The maximum atomic E-state index is 13.1. The Morgan fingerprint density at radius 2 is 1.93 bits per heavy atom. The van der Waals surface area contributed by atoms with Gasteiger partial charge in [0.05, 0.1) is 17.2 Å². The first-order valence-electron chi connectivity index (χ1n) is 9.33. The second-order valence-electron chi connectivity index (χ2n) is 6.70. The maximum absolute atomic E-state index is 13.1. The second kappa shape index (κ2) is 9.32. The number of hydrogen-bond acceptors (Lipinski definition) is 6. The summed E-state index contributed by atoms with van der Waals surface area (Å²) in [5.41, 5.74) is 8.80. The highest BCUT2D eigenvalue weighted by Gasteiger charge is 2.34. The van der Waals surface area contributed by atoms with Crippen LogP contribution in [0.4, 0.5) is 5.69 Å². The molecule has 0 unspecified atom stereocenters. The van der Waals surface area contributed by atoms with Gasteiger partial charge in [-0.3, -0.25) is 14.5 Å². The first-order chi connectivity index (χ1) is 14.3. The van der Waals surface area contributed by atoms with Crippen molar-refractivity contribution in [2.24, 2.45) is 5.73 Å². The number of benzene rings is 2. The average Bonchev–Trinajstić information content (AvgIpc) is 2.95. The summed E-state index contributed by atoms with van der Waals surface area (Å²) < 4.78 is 11.5. The first-order valence-corrected chi connectivity index (χ1v) is 10.6. The van der Waals surface area contributed by atoms with Crippen molar-refractivity contribution in [1.29, 1.82) is 0 Å². The molecule has 1 aliphatic heterocycles. The number of rotatable bonds is 7. The first kappa shape index (κ1) is 21.9. The van der Waals surface area contributed by atoms with E-state index in [1.807, 2.05) is 39.0 Å². The number of carbonyl (C=O) groups excluding carboxylic acids is 2. The summed E-state index contributed by atoms with van der Waals surface area (Å²) in [5, 5.41) is 0. The minimum absolute atomic E-state index is 0.163. The number of amides is 2. The number of nitrogens with two attached hydrogens (primary N) is 1. The Morgan fingerprint density at radius 1 is 1.17 bits per heavy atom. The molecule has 2 N–H and O–H groups in total. The van der Waals surface area contributed by atoms with E-state index in [1.54, 1.807) is 29.2 Å². The molecule has 6 nitrogen and oxygen atoms in total. The number of nitrogens with zero attached hydrogens (tertiary/aromatic N) is 1. The second-order valence-corrected chi connectivity index (χ2v) is 8.38. The number of anilines is 1. The summed E-state index contributed by atoms with van der Waals surface area (Å²) in [5.74, 6) is 0.147. The molecule has 0 atom stereocenters. The zero-order valence-corrected chi connectivity index (χ0v) is 18.6. The van der Waals surface area contributed by atoms with E-state index in [4.69, 9.17) is 27.4 Å². The van der Waals surface area contributed by atoms with Crippen LogP contribution in [0.5, 0.6) is 11.5 Å². The number of thiocarbonyl (C=S) groups is 1. The fourth-order valence-corrected chi connectivity index (χ4v) is 4.32. The predicted molar refractivity (Wildman–Crippen MR) is 124 cm³/mol. The Balaban J connectivity index is 1.89. The van der Waals surface area contributed by atoms with Crippen LogP contribution in [0.2, 0.25) is 0 Å². The monoisotopic (exact) mass is 442 g/mol. The van der Waals surface area contributed by atoms with Crippen LogP contribution in [-0.2, 0) is 9.59 Å². The molecular formula is C22H22N2O4S2. The average molecular weight is 443 g/mol. The predicted octanol–water partition coefficient (Wildman–Crippen LogP) is 3.97. The van der Waals surface area contributed by atoms with Crippen LogP contribution < -0.4 is 20.1 Å². The molecule has 0 saturated carbocycles. The molecule has 0 aliphatic carbocycles. The molecule has 2 aromatic carbocycles. The quantitative estimate of drug-likeness (QED) is 0.516. The highest BCUT2D eigenvalue weighted by molar-refractivity contribution is 8.27. The molecule has 0 bridgehead atoms. The van der Waals surface area contributed by atoms with Gasteiger partial charge in [0.1, 0.15) is 0 Å². The van der Waals surface area contributed by atoms with Crippen molar-refractivity contribution in [3.63, 3.8) is 0 Å². The third-order valence-electron chi connectivity index (χ3n) is 4.32. The van der Waals surface area contributed by atoms with Gasteiger partial charge in [-0.2, -0.15) is 0 Å². The van der Waals surface area contributed by atoms with Gasteiger partial charge in [0.25, 0.3) is 11.8 Å². The molecule has 3 rings (SSSR count). The third kappa shape index (κ3) is 4.83. The van der Waals surface area contributed by atoms with Gasteiger partial charge in [0.15, 0.2) is 22.4 Å². The largest absolute Gasteiger partial charge is 0.490 e. The lowest BCUT2D eigenvalue weighted by atomic mass is 10.1. The summed E-state index contributed by atoms with van der Waals surface area (Å²) in [6, 6.07) is 11.1. The molecule has 30 heavy (non-hydrogen) atoms. The minimum Gasteiger partial charge on any atom is -0.490 e. The van der Waals surface area contributed by atoms with Crippen LogP contribution in [0, 0.1) is 13.8 Å². The highest BCUT2D eigenvalue weighted by atomic mass is 32.2. The molecule has 2 aromatic rings. The van der Waals surface area contributed by atoms with Gasteiger partial charge in [-0.25, -0.2) is 0 Å². The smallest absolute Gasteiger partial charge is 0.270 e. The van der Waals surface area contributed by atoms with Crippen LogP contribution in [0.15, 0.2) is 41.3 Å². The molecule has 8 heteroatoms. The zero-order chi connectivity index (χ0) is 21.8. The van der Waals surface area contributed by atoms with Crippen molar-refractivity contribution >= 4 is 51.9 Å². The van der Waals surface area contributed by atoms with Crippen LogP contribution in [0.25, 0.3) is 6.08 Å². The van der Waals surface area contributed by atoms with Gasteiger partial charge in [-0.1, -0.05) is 47.7 Å². The Hall–Kier alpha value is -2.84. The van der Waals surface area contributed by atoms with E-state index in [9.17, 15) is 9.59 Å². The van der Waals surface area contributed by atoms with Gasteiger partial charge in [-0.05, 0) is 56.2 Å². The van der Waals surface area contributed by atoms with Gasteiger partial charge in [0, 0.05) is 0 Å². The lowest BCUT2D eigenvalue weighted by Crippen LogP contribution is -2.28. The van der Waals surface area contributed by atoms with Gasteiger partial charge < -0.3 is 15.2 Å². The fourth-order valence-electron chi connectivity index (χ4n) is 3.03. The molecule has 1 fully saturated rings. The van der Waals surface area contributed by atoms with Gasteiger partial charge in [0.2, 0.25) is 0 Å². The summed E-state index contributed by atoms with van der Waals surface area (Å²) in [6.45, 7) is 6.00. The van der Waals surface area contributed by atoms with E-state index in [-0.39, 0.29) is 12.5 Å². The van der Waals surface area contributed by atoms with E-state index in [2.05, 4.69) is 0 Å². The van der Waals surface area contributed by atoms with Crippen molar-refractivity contribution in [1.82, 2.24) is 0 Å². The SMILES string of the molecule is CCOc1cc(/C=C2/SC(=S)N(c3ccc(C)cc3C)C2=O)ccc1OCC(N)=O. The van der Waals surface area contributed by atoms with Crippen LogP contribution in [-0.4, -0.2) is 29.3 Å². The van der Waals surface area contributed by atoms with Crippen molar-refractivity contribution in [2.45, 2.75) is 20.8 Å². The van der Waals surface area contributed by atoms with E-state index in [0.29, 0.717) is 27.3 Å². The Bertz CT molecular complexity index is 1050. The number of ether oxygens (including phenoxy) is 2. The standard InChI is InChI=1S/C22H22N2O4S2/c1-4-27-18-10-15(6-8-17(18)28-12-20(23)25)11-19-21(26)24(22(29)30-19)16-7-5-13(2)9-14(16)3/h5-11H,4,12H2,1-3H3,(H2,23,25)/b19-11+. The molecule has 2 amide bonds. The topological polar surface area (TPSA) is 81.9 Å². The summed E-state index contributed by atoms with van der Waals surface area (Å²) in [4.78, 5) is 26.1. The number of carbonyl (C=O) groups is 2. The summed E-state index contributed by atoms with van der Waals surface area (Å²) >= 11 is 6.73. The Kier molecular flexibility index (Phi) is 6.79. The lowest BCUT2D eigenvalue weighted by Gasteiger charge is -2.17. The normalized spacial score (nSPS) is 15.0. The van der Waals surface area contributed by atoms with E-state index in [1.165, 1.54) is 11.8 Å². The van der Waals surface area contributed by atoms with Crippen molar-refractivity contribution < 1.29 is 19.1 Å². The lowest BCUT2D eigenvalue weighted by molar-refractivity contribution is -0.120. The fraction of sp³-hybridized carbons (Fsp3) is 0.227. The third-order valence-corrected chi connectivity index (χ3v) is 5.62. The van der Waals surface area contributed by atoms with Crippen molar-refractivity contribution in [3.05, 3.63) is 58.0 Å². The van der Waals surface area contributed by atoms with Crippen LogP contribution >= 0.6 is 24.0 Å². The molecule has 0 spiro atoms. The molecule has 156 valence electrons. The number of thioether (sulfide) groups is 1. The number of aryl methyl sites for hydroxylation is 2. The molecule has 0 aromatic heterocycles. The van der Waals surface area contributed by atoms with Crippen LogP contribution in [0.3, 0.4) is 0 Å². The summed E-state index contributed by atoms with van der Waals surface area (Å²) in [7, 11) is 0. The molecule has 0 radical (unpaired) electrons. The van der Waals surface area contributed by atoms with Gasteiger partial charge in [-0.15, -0.1) is 0 Å². The molecule has 1 saturated heterocycles. The molecule has 1 heterocycles. The van der Waals surface area contributed by atoms with E-state index >= 15 is 0 Å². The van der Waals surface area contributed by atoms with Crippen LogP contribution in [0.1, 0.15) is 23.6 Å². The van der Waals surface area contributed by atoms with E-state index < -0.39 is 5.91 Å². The molecule has 1 aliphatic rings. The van der Waals surface area contributed by atoms with Crippen molar-refractivity contribution in [2.75, 3.05) is 18.1 Å². The Morgan fingerprint density at radius 3 is 2.60 bits per heavy atom. The zero-order valence-electron chi connectivity index (χ0n) is 16.9. The van der Waals surface area contributed by atoms with E-state index in [0.717, 1.165) is 22.4 Å². The number of hydrogen-bond donors (Lipinski definition) is 1. The highest BCUT2D eigenvalue weighted by Crippen LogP contribution is 2.38. The minimum atomic E-state index is -0.573. The van der Waals surface area contributed by atoms with Gasteiger partial charge >= 0.3 is 0 Å². The Labute approximate surface area is 185 Å². The summed E-state index contributed by atoms with van der Waals surface area (Å²) in [6.07, 6.45) is 1.77. The maximum Gasteiger partial charge on any atom is 0.270 e. The number of primary amides is 1. The molecular weight excluding hydrogens is 420 g/mol. The van der Waals surface area contributed by atoms with Crippen molar-refractivity contribution in [3.8, 4) is 11.5 Å².